The zero-order valence-electron chi connectivity index (χ0n) is 18.3. The average molecular weight is 410 g/mol. The number of nitrogens with one attached hydrogen (secondary N) is 3. The van der Waals surface area contributed by atoms with Gasteiger partial charge in [0.2, 0.25) is 5.91 Å². The van der Waals surface area contributed by atoms with Gasteiger partial charge in [0.1, 0.15) is 0 Å². The SMILES string of the molecule is COc1cccc([C@@H](CN[C@H](C)C(=O)NC(C)C)c2c[nH]c3ccccc23)c1OC. The Morgan fingerprint density at radius 3 is 2.47 bits per heavy atom. The molecule has 0 radical (unpaired) electrons. The first-order valence-corrected chi connectivity index (χ1v) is 10.3. The molecule has 6 heteroatoms. The average Bonchev–Trinajstić information content (AvgIpc) is 3.17. The molecule has 1 aromatic heterocycles. The molecule has 0 aliphatic heterocycles. The molecular formula is C24H31N3O3. The molecule has 1 heterocycles. The second-order valence-electron chi connectivity index (χ2n) is 7.72. The molecule has 6 nitrogen and oxygen atoms in total. The summed E-state index contributed by atoms with van der Waals surface area (Å²) < 4.78 is 11.2. The maximum absolute atomic E-state index is 12.4. The highest BCUT2D eigenvalue weighted by molar-refractivity contribution is 5.84. The first-order chi connectivity index (χ1) is 14.5. The standard InChI is InChI=1S/C24H31N3O3/c1-15(2)27-24(28)16(3)25-13-20(18-10-8-12-22(29-4)23(18)30-5)19-14-26-21-11-7-6-9-17(19)21/h6-12,14-16,20,25-26H,13H2,1-5H3,(H,27,28)/t16-,20-/m1/s1. The van der Waals surface area contributed by atoms with Crippen molar-refractivity contribution in [2.75, 3.05) is 20.8 Å². The minimum atomic E-state index is -0.322. The minimum absolute atomic E-state index is 0.0136. The molecule has 0 aliphatic carbocycles. The fraction of sp³-hybridized carbons (Fsp3) is 0.375. The van der Waals surface area contributed by atoms with Crippen LogP contribution in [-0.2, 0) is 4.79 Å². The topological polar surface area (TPSA) is 75.4 Å². The van der Waals surface area contributed by atoms with Crippen LogP contribution in [0.1, 0.15) is 37.8 Å². The summed E-state index contributed by atoms with van der Waals surface area (Å²) in [5, 5.41) is 7.51. The molecule has 3 aromatic rings. The van der Waals surface area contributed by atoms with Crippen molar-refractivity contribution >= 4 is 16.8 Å². The summed E-state index contributed by atoms with van der Waals surface area (Å²) in [6, 6.07) is 13.9. The number of hydrogen-bond donors (Lipinski definition) is 3. The molecule has 3 rings (SSSR count). The molecule has 0 bridgehead atoms. The van der Waals surface area contributed by atoms with Crippen LogP contribution < -0.4 is 20.1 Å². The zero-order valence-corrected chi connectivity index (χ0v) is 18.3. The lowest BCUT2D eigenvalue weighted by molar-refractivity contribution is -0.123. The third kappa shape index (κ3) is 4.60. The Balaban J connectivity index is 1.99. The number of benzene rings is 2. The molecule has 0 aliphatic rings. The van der Waals surface area contributed by atoms with Gasteiger partial charge in [-0.3, -0.25) is 4.79 Å². The molecule has 0 fully saturated rings. The van der Waals surface area contributed by atoms with Crippen molar-refractivity contribution in [1.82, 2.24) is 15.6 Å². The third-order valence-electron chi connectivity index (χ3n) is 5.26. The molecular weight excluding hydrogens is 378 g/mol. The predicted molar refractivity (Wildman–Crippen MR) is 120 cm³/mol. The maximum atomic E-state index is 12.4. The molecule has 0 saturated carbocycles. The van der Waals surface area contributed by atoms with Gasteiger partial charge in [-0.1, -0.05) is 30.3 Å². The van der Waals surface area contributed by atoms with Crippen LogP contribution in [0.3, 0.4) is 0 Å². The third-order valence-corrected chi connectivity index (χ3v) is 5.26. The highest BCUT2D eigenvalue weighted by Crippen LogP contribution is 2.40. The number of ether oxygens (including phenoxy) is 2. The summed E-state index contributed by atoms with van der Waals surface area (Å²) in [7, 11) is 3.29. The number of amides is 1. The molecule has 0 spiro atoms. The van der Waals surface area contributed by atoms with Crippen molar-refractivity contribution in [2.24, 2.45) is 0 Å². The number of aromatic nitrogens is 1. The van der Waals surface area contributed by atoms with Crippen molar-refractivity contribution in [2.45, 2.75) is 38.8 Å². The van der Waals surface area contributed by atoms with Crippen LogP contribution in [0.5, 0.6) is 11.5 Å². The Kier molecular flexibility index (Phi) is 7.00. The van der Waals surface area contributed by atoms with Crippen molar-refractivity contribution in [3.05, 3.63) is 59.8 Å². The number of hydrogen-bond acceptors (Lipinski definition) is 4. The number of H-pyrrole nitrogens is 1. The number of carbonyl (C=O) groups is 1. The number of methoxy groups -OCH3 is 2. The normalized spacial score (nSPS) is 13.3. The van der Waals surface area contributed by atoms with Crippen LogP contribution in [0.15, 0.2) is 48.7 Å². The van der Waals surface area contributed by atoms with Crippen molar-refractivity contribution in [1.29, 1.82) is 0 Å². The van der Waals surface area contributed by atoms with E-state index >= 15 is 0 Å². The number of para-hydroxylation sites is 2. The van der Waals surface area contributed by atoms with Crippen molar-refractivity contribution in [3.63, 3.8) is 0 Å². The van der Waals surface area contributed by atoms with Gasteiger partial charge < -0.3 is 25.1 Å². The van der Waals surface area contributed by atoms with Gasteiger partial charge in [-0.05, 0) is 38.5 Å². The summed E-state index contributed by atoms with van der Waals surface area (Å²) >= 11 is 0. The fourth-order valence-electron chi connectivity index (χ4n) is 3.75. The number of fused-ring (bicyclic) bond motifs is 1. The van der Waals surface area contributed by atoms with Gasteiger partial charge in [0, 0.05) is 41.2 Å². The van der Waals surface area contributed by atoms with E-state index in [1.165, 1.54) is 0 Å². The lowest BCUT2D eigenvalue weighted by Gasteiger charge is -2.24. The van der Waals surface area contributed by atoms with E-state index in [-0.39, 0.29) is 23.9 Å². The first kappa shape index (κ1) is 21.7. The van der Waals surface area contributed by atoms with Gasteiger partial charge in [0.25, 0.3) is 0 Å². The Hall–Kier alpha value is -2.99. The number of rotatable bonds is 9. The fourth-order valence-corrected chi connectivity index (χ4v) is 3.75. The molecule has 0 saturated heterocycles. The molecule has 160 valence electrons. The van der Waals surface area contributed by atoms with Gasteiger partial charge in [-0.15, -0.1) is 0 Å². The monoisotopic (exact) mass is 409 g/mol. The van der Waals surface area contributed by atoms with Crippen LogP contribution >= 0.6 is 0 Å². The van der Waals surface area contributed by atoms with Crippen LogP contribution in [-0.4, -0.2) is 43.7 Å². The maximum Gasteiger partial charge on any atom is 0.237 e. The van der Waals surface area contributed by atoms with Gasteiger partial charge in [0.15, 0.2) is 11.5 Å². The summed E-state index contributed by atoms with van der Waals surface area (Å²) in [5.41, 5.74) is 3.22. The van der Waals surface area contributed by atoms with Crippen LogP contribution in [0, 0.1) is 0 Å². The van der Waals surface area contributed by atoms with Gasteiger partial charge in [-0.2, -0.15) is 0 Å². The van der Waals surface area contributed by atoms with Crippen molar-refractivity contribution < 1.29 is 14.3 Å². The van der Waals surface area contributed by atoms with Gasteiger partial charge >= 0.3 is 0 Å². The number of carbonyl (C=O) groups excluding carboxylic acids is 1. The van der Waals surface area contributed by atoms with E-state index in [0.717, 1.165) is 22.0 Å². The van der Waals surface area contributed by atoms with Crippen LogP contribution in [0.25, 0.3) is 10.9 Å². The Morgan fingerprint density at radius 2 is 1.77 bits per heavy atom. The van der Waals surface area contributed by atoms with Gasteiger partial charge in [0.05, 0.1) is 20.3 Å². The first-order valence-electron chi connectivity index (χ1n) is 10.3. The summed E-state index contributed by atoms with van der Waals surface area (Å²) in [6.07, 6.45) is 2.04. The van der Waals surface area contributed by atoms with E-state index in [2.05, 4.69) is 27.8 Å². The van der Waals surface area contributed by atoms with Crippen molar-refractivity contribution in [3.8, 4) is 11.5 Å². The van der Waals surface area contributed by atoms with E-state index in [1.54, 1.807) is 14.2 Å². The molecule has 2 atom stereocenters. The quantitative estimate of drug-likeness (QED) is 0.502. The molecule has 0 unspecified atom stereocenters. The molecule has 30 heavy (non-hydrogen) atoms. The van der Waals surface area contributed by atoms with Gasteiger partial charge in [-0.25, -0.2) is 0 Å². The van der Waals surface area contributed by atoms with E-state index in [0.29, 0.717) is 18.0 Å². The lowest BCUT2D eigenvalue weighted by Crippen LogP contribution is -2.45. The lowest BCUT2D eigenvalue weighted by atomic mass is 9.89. The summed E-state index contributed by atoms with van der Waals surface area (Å²) in [4.78, 5) is 15.8. The Morgan fingerprint density at radius 1 is 1.00 bits per heavy atom. The minimum Gasteiger partial charge on any atom is -0.493 e. The van der Waals surface area contributed by atoms with Crippen LogP contribution in [0.2, 0.25) is 0 Å². The van der Waals surface area contributed by atoms with E-state index < -0.39 is 0 Å². The second-order valence-corrected chi connectivity index (χ2v) is 7.72. The predicted octanol–water partition coefficient (Wildman–Crippen LogP) is 3.82. The highest BCUT2D eigenvalue weighted by atomic mass is 16.5. The Bertz CT molecular complexity index is 996. The van der Waals surface area contributed by atoms with E-state index in [4.69, 9.17) is 9.47 Å². The molecule has 1 amide bonds. The second kappa shape index (κ2) is 9.67. The molecule has 2 aromatic carbocycles. The molecule has 3 N–H and O–H groups in total. The van der Waals surface area contributed by atoms with E-state index in [1.807, 2.05) is 57.3 Å². The summed E-state index contributed by atoms with van der Waals surface area (Å²) in [5.74, 6) is 1.34. The number of aromatic amines is 1. The Labute approximate surface area is 178 Å². The smallest absolute Gasteiger partial charge is 0.237 e. The van der Waals surface area contributed by atoms with E-state index in [9.17, 15) is 4.79 Å². The zero-order chi connectivity index (χ0) is 21.7. The largest absolute Gasteiger partial charge is 0.493 e. The summed E-state index contributed by atoms with van der Waals surface area (Å²) in [6.45, 7) is 6.37. The highest BCUT2D eigenvalue weighted by Gasteiger charge is 2.25. The van der Waals surface area contributed by atoms with Crippen LogP contribution in [0.4, 0.5) is 0 Å².